The molecule has 18 heavy (non-hydrogen) atoms. The summed E-state index contributed by atoms with van der Waals surface area (Å²) in [7, 11) is 0. The summed E-state index contributed by atoms with van der Waals surface area (Å²) in [5, 5.41) is 10.6. The highest BCUT2D eigenvalue weighted by atomic mass is 16.5. The van der Waals surface area contributed by atoms with E-state index in [1.807, 2.05) is 25.1 Å². The van der Waals surface area contributed by atoms with Crippen LogP contribution in [0.15, 0.2) is 35.0 Å². The second-order valence-corrected chi connectivity index (χ2v) is 3.91. The van der Waals surface area contributed by atoms with Gasteiger partial charge in [-0.15, -0.1) is 0 Å². The lowest BCUT2D eigenvalue weighted by Gasteiger charge is -2.03. The summed E-state index contributed by atoms with van der Waals surface area (Å²) < 4.78 is 5.19. The van der Waals surface area contributed by atoms with E-state index in [-0.39, 0.29) is 0 Å². The normalized spacial score (nSPS) is 10.7. The Morgan fingerprint density at radius 1 is 1.28 bits per heavy atom. The first-order valence-corrected chi connectivity index (χ1v) is 5.44. The van der Waals surface area contributed by atoms with Crippen molar-refractivity contribution in [3.8, 4) is 23.0 Å². The molecule has 0 unspecified atom stereocenters. The third kappa shape index (κ3) is 1.64. The lowest BCUT2D eigenvalue weighted by Crippen LogP contribution is -1.92. The van der Waals surface area contributed by atoms with E-state index >= 15 is 0 Å². The Balaban J connectivity index is 2.06. The van der Waals surface area contributed by atoms with Gasteiger partial charge in [-0.25, -0.2) is 0 Å². The van der Waals surface area contributed by atoms with Crippen LogP contribution >= 0.6 is 0 Å². The van der Waals surface area contributed by atoms with Gasteiger partial charge >= 0.3 is 0 Å². The Bertz CT molecular complexity index is 672. The predicted octanol–water partition coefficient (Wildman–Crippen LogP) is 2.02. The van der Waals surface area contributed by atoms with E-state index in [1.54, 1.807) is 12.3 Å². The van der Waals surface area contributed by atoms with Gasteiger partial charge < -0.3 is 10.3 Å². The van der Waals surface area contributed by atoms with Crippen LogP contribution in [0.4, 0.5) is 5.69 Å². The molecule has 0 aliphatic rings. The molecule has 0 saturated heterocycles. The van der Waals surface area contributed by atoms with E-state index in [2.05, 4.69) is 20.3 Å². The van der Waals surface area contributed by atoms with Crippen LogP contribution in [0.3, 0.4) is 0 Å². The fourth-order valence-corrected chi connectivity index (χ4v) is 1.71. The second-order valence-electron chi connectivity index (χ2n) is 3.91. The molecule has 6 nitrogen and oxygen atoms in total. The number of benzene rings is 1. The zero-order chi connectivity index (χ0) is 12.5. The van der Waals surface area contributed by atoms with Crippen molar-refractivity contribution in [3.63, 3.8) is 0 Å². The number of nitrogens with one attached hydrogen (secondary N) is 1. The van der Waals surface area contributed by atoms with Gasteiger partial charge in [0.05, 0.1) is 0 Å². The molecule has 90 valence electrons. The van der Waals surface area contributed by atoms with Crippen molar-refractivity contribution in [2.24, 2.45) is 0 Å². The molecule has 0 atom stereocenters. The van der Waals surface area contributed by atoms with Gasteiger partial charge in [-0.05, 0) is 24.6 Å². The molecule has 1 aromatic carbocycles. The number of hydrogen-bond acceptors (Lipinski definition) is 5. The highest BCUT2D eigenvalue weighted by Crippen LogP contribution is 2.26. The van der Waals surface area contributed by atoms with Crippen molar-refractivity contribution in [1.82, 2.24) is 20.3 Å². The van der Waals surface area contributed by atoms with E-state index in [9.17, 15) is 0 Å². The average molecular weight is 241 g/mol. The summed E-state index contributed by atoms with van der Waals surface area (Å²) in [4.78, 5) is 4.32. The fourth-order valence-electron chi connectivity index (χ4n) is 1.71. The first kappa shape index (κ1) is 10.5. The van der Waals surface area contributed by atoms with Gasteiger partial charge in [-0.2, -0.15) is 10.1 Å². The maximum absolute atomic E-state index is 5.86. The third-order valence-electron chi connectivity index (χ3n) is 2.77. The van der Waals surface area contributed by atoms with Gasteiger partial charge in [-0.1, -0.05) is 17.3 Å². The zero-order valence-corrected chi connectivity index (χ0v) is 9.71. The van der Waals surface area contributed by atoms with Crippen molar-refractivity contribution >= 4 is 5.69 Å². The molecule has 0 saturated carbocycles. The third-order valence-corrected chi connectivity index (χ3v) is 2.77. The first-order valence-electron chi connectivity index (χ1n) is 5.44. The van der Waals surface area contributed by atoms with Crippen LogP contribution in [0.2, 0.25) is 0 Å². The molecule has 0 bridgehead atoms. The highest BCUT2D eigenvalue weighted by molar-refractivity contribution is 5.68. The number of rotatable bonds is 2. The van der Waals surface area contributed by atoms with E-state index in [0.717, 1.165) is 11.1 Å². The second kappa shape index (κ2) is 3.99. The van der Waals surface area contributed by atoms with Crippen LogP contribution in [0.25, 0.3) is 23.0 Å². The number of hydrogen-bond donors (Lipinski definition) is 2. The van der Waals surface area contributed by atoms with Crippen molar-refractivity contribution in [2.75, 3.05) is 5.73 Å². The molecule has 2 heterocycles. The number of nitrogens with zero attached hydrogens (tertiary/aromatic N) is 3. The summed E-state index contributed by atoms with van der Waals surface area (Å²) in [5.74, 6) is 0.925. The summed E-state index contributed by atoms with van der Waals surface area (Å²) in [6.07, 6.45) is 1.63. The maximum atomic E-state index is 5.86. The van der Waals surface area contributed by atoms with Crippen LogP contribution in [0.5, 0.6) is 0 Å². The Morgan fingerprint density at radius 3 is 2.94 bits per heavy atom. The van der Waals surface area contributed by atoms with Gasteiger partial charge in [0.1, 0.15) is 5.69 Å². The molecular weight excluding hydrogens is 230 g/mol. The summed E-state index contributed by atoms with van der Waals surface area (Å²) in [6, 6.07) is 7.38. The summed E-state index contributed by atoms with van der Waals surface area (Å²) in [5.41, 5.74) is 9.06. The number of aromatic nitrogens is 4. The standard InChI is InChI=1S/C12H11N5O/c1-7-8(3-2-4-9(7)13)11-15-12(18-17-11)10-5-6-14-16-10/h2-6H,13H2,1H3,(H,14,16). The summed E-state index contributed by atoms with van der Waals surface area (Å²) in [6.45, 7) is 1.93. The van der Waals surface area contributed by atoms with Gasteiger partial charge in [0.15, 0.2) is 0 Å². The molecule has 0 aliphatic carbocycles. The lowest BCUT2D eigenvalue weighted by atomic mass is 10.1. The van der Waals surface area contributed by atoms with Crippen LogP contribution in [0.1, 0.15) is 5.56 Å². The molecule has 3 N–H and O–H groups in total. The minimum absolute atomic E-state index is 0.407. The van der Waals surface area contributed by atoms with Crippen LogP contribution in [0, 0.1) is 6.92 Å². The molecule has 3 rings (SSSR count). The van der Waals surface area contributed by atoms with Crippen LogP contribution in [-0.2, 0) is 0 Å². The van der Waals surface area contributed by atoms with Crippen molar-refractivity contribution in [3.05, 3.63) is 36.0 Å². The predicted molar refractivity (Wildman–Crippen MR) is 66.5 cm³/mol. The molecule has 0 spiro atoms. The molecular formula is C12H11N5O. The number of H-pyrrole nitrogens is 1. The average Bonchev–Trinajstić information content (AvgIpc) is 3.01. The first-order chi connectivity index (χ1) is 8.75. The van der Waals surface area contributed by atoms with E-state index in [1.165, 1.54) is 0 Å². The Morgan fingerprint density at radius 2 is 2.17 bits per heavy atom. The molecule has 0 amide bonds. The van der Waals surface area contributed by atoms with E-state index in [4.69, 9.17) is 10.3 Å². The Labute approximate surface area is 103 Å². The fraction of sp³-hybridized carbons (Fsp3) is 0.0833. The van der Waals surface area contributed by atoms with Gasteiger partial charge in [-0.3, -0.25) is 5.10 Å². The van der Waals surface area contributed by atoms with E-state index in [0.29, 0.717) is 23.1 Å². The quantitative estimate of drug-likeness (QED) is 0.669. The van der Waals surface area contributed by atoms with Crippen LogP contribution < -0.4 is 5.73 Å². The van der Waals surface area contributed by atoms with Gasteiger partial charge in [0.2, 0.25) is 5.82 Å². The monoisotopic (exact) mass is 241 g/mol. The minimum atomic E-state index is 0.407. The zero-order valence-electron chi connectivity index (χ0n) is 9.71. The number of aromatic amines is 1. The van der Waals surface area contributed by atoms with Crippen molar-refractivity contribution in [1.29, 1.82) is 0 Å². The van der Waals surface area contributed by atoms with Crippen molar-refractivity contribution in [2.45, 2.75) is 6.92 Å². The SMILES string of the molecule is Cc1c(N)cccc1-c1noc(-c2ccn[nH]2)n1. The maximum Gasteiger partial charge on any atom is 0.276 e. The highest BCUT2D eigenvalue weighted by Gasteiger charge is 2.13. The molecule has 3 aromatic rings. The number of nitrogens with two attached hydrogens (primary N) is 1. The van der Waals surface area contributed by atoms with Crippen LogP contribution in [-0.4, -0.2) is 20.3 Å². The molecule has 0 radical (unpaired) electrons. The topological polar surface area (TPSA) is 93.6 Å². The van der Waals surface area contributed by atoms with Gasteiger partial charge in [0.25, 0.3) is 5.89 Å². The summed E-state index contributed by atoms with van der Waals surface area (Å²) >= 11 is 0. The van der Waals surface area contributed by atoms with E-state index < -0.39 is 0 Å². The largest absolute Gasteiger partial charge is 0.398 e. The van der Waals surface area contributed by atoms with Crippen molar-refractivity contribution < 1.29 is 4.52 Å². The Hall–Kier alpha value is -2.63. The minimum Gasteiger partial charge on any atom is -0.398 e. The van der Waals surface area contributed by atoms with Gasteiger partial charge in [0, 0.05) is 17.4 Å². The Kier molecular flexibility index (Phi) is 2.33. The molecule has 2 aromatic heterocycles. The lowest BCUT2D eigenvalue weighted by molar-refractivity contribution is 0.431. The molecule has 6 heteroatoms. The molecule has 0 fully saturated rings. The molecule has 0 aliphatic heterocycles. The smallest absolute Gasteiger partial charge is 0.276 e. The number of nitrogen functional groups attached to an aromatic ring is 1. The number of anilines is 1.